The Hall–Kier alpha value is -2.35. The number of para-hydroxylation sites is 1. The molecule has 1 aromatic heterocycles. The first-order valence-electron chi connectivity index (χ1n) is 7.40. The molecule has 8 heteroatoms. The van der Waals surface area contributed by atoms with Gasteiger partial charge in [-0.05, 0) is 42.3 Å². The van der Waals surface area contributed by atoms with Crippen molar-refractivity contribution < 1.29 is 18.3 Å². The second-order valence-corrected chi connectivity index (χ2v) is 7.66. The summed E-state index contributed by atoms with van der Waals surface area (Å²) in [7, 11) is -4.02. The third kappa shape index (κ3) is 3.84. The lowest BCUT2D eigenvalue weighted by Gasteiger charge is -2.19. The number of sulfonamides is 1. The lowest BCUT2D eigenvalue weighted by Crippen LogP contribution is -2.49. The number of hydrogen-bond donors (Lipinski definition) is 2. The largest absolute Gasteiger partial charge is 0.548 e. The number of fused-ring (bicyclic) bond motifs is 1. The Labute approximate surface area is 149 Å². The van der Waals surface area contributed by atoms with Crippen molar-refractivity contribution >= 4 is 38.5 Å². The van der Waals surface area contributed by atoms with Gasteiger partial charge >= 0.3 is 0 Å². The fraction of sp³-hybridized carbons (Fsp3) is 0.118. The molecule has 0 aliphatic heterocycles. The molecule has 1 heterocycles. The Bertz CT molecular complexity index is 1010. The van der Waals surface area contributed by atoms with E-state index in [-0.39, 0.29) is 11.3 Å². The van der Waals surface area contributed by atoms with Gasteiger partial charge in [-0.15, -0.1) is 0 Å². The maximum Gasteiger partial charge on any atom is 0.241 e. The third-order valence-electron chi connectivity index (χ3n) is 3.80. The Morgan fingerprint density at radius 3 is 2.52 bits per heavy atom. The number of carbonyl (C=O) groups excluding carboxylic acids is 1. The summed E-state index contributed by atoms with van der Waals surface area (Å²) in [6.45, 7) is 0. The molecular weight excluding hydrogens is 364 g/mol. The molecule has 0 radical (unpaired) electrons. The molecular formula is C17H14ClN2O4S-. The van der Waals surface area contributed by atoms with Crippen LogP contribution in [0.4, 0.5) is 0 Å². The van der Waals surface area contributed by atoms with Crippen molar-refractivity contribution in [1.82, 2.24) is 9.71 Å². The first-order valence-corrected chi connectivity index (χ1v) is 9.27. The lowest BCUT2D eigenvalue weighted by atomic mass is 10.1. The molecule has 0 unspecified atom stereocenters. The zero-order chi connectivity index (χ0) is 18.0. The van der Waals surface area contributed by atoms with Crippen molar-refractivity contribution in [3.05, 3.63) is 65.3 Å². The maximum absolute atomic E-state index is 12.4. The number of carboxylic acids is 1. The molecule has 0 saturated heterocycles. The van der Waals surface area contributed by atoms with Crippen LogP contribution in [0.5, 0.6) is 0 Å². The number of benzene rings is 2. The van der Waals surface area contributed by atoms with E-state index in [9.17, 15) is 18.3 Å². The van der Waals surface area contributed by atoms with E-state index in [0.717, 1.165) is 10.9 Å². The van der Waals surface area contributed by atoms with Crippen LogP contribution < -0.4 is 9.83 Å². The van der Waals surface area contributed by atoms with Gasteiger partial charge in [0.2, 0.25) is 10.0 Å². The highest BCUT2D eigenvalue weighted by Crippen LogP contribution is 2.20. The molecule has 1 atom stereocenters. The van der Waals surface area contributed by atoms with Crippen LogP contribution in [-0.4, -0.2) is 25.4 Å². The topological polar surface area (TPSA) is 102 Å². The van der Waals surface area contributed by atoms with Crippen LogP contribution in [0.1, 0.15) is 5.56 Å². The lowest BCUT2D eigenvalue weighted by molar-refractivity contribution is -0.307. The summed E-state index contributed by atoms with van der Waals surface area (Å²) in [5.74, 6) is -1.50. The average Bonchev–Trinajstić information content (AvgIpc) is 2.97. The van der Waals surface area contributed by atoms with Gasteiger partial charge in [0, 0.05) is 22.1 Å². The molecule has 0 aliphatic carbocycles. The quantitative estimate of drug-likeness (QED) is 0.678. The van der Waals surface area contributed by atoms with Crippen LogP contribution in [0.3, 0.4) is 0 Å². The van der Waals surface area contributed by atoms with E-state index < -0.39 is 22.0 Å². The Morgan fingerprint density at radius 2 is 1.84 bits per heavy atom. The molecule has 6 nitrogen and oxygen atoms in total. The van der Waals surface area contributed by atoms with E-state index >= 15 is 0 Å². The van der Waals surface area contributed by atoms with E-state index in [0.29, 0.717) is 10.6 Å². The number of carboxylic acid groups (broad SMARTS) is 1. The van der Waals surface area contributed by atoms with Crippen LogP contribution in [0.2, 0.25) is 5.02 Å². The van der Waals surface area contributed by atoms with Gasteiger partial charge < -0.3 is 14.9 Å². The first kappa shape index (κ1) is 17.5. The molecule has 2 N–H and O–H groups in total. The maximum atomic E-state index is 12.4. The number of carbonyl (C=O) groups is 1. The normalized spacial score (nSPS) is 13.0. The van der Waals surface area contributed by atoms with Gasteiger partial charge in [-0.3, -0.25) is 0 Å². The summed E-state index contributed by atoms with van der Waals surface area (Å²) in [6.07, 6.45) is 1.62. The van der Waals surface area contributed by atoms with E-state index in [1.54, 1.807) is 6.20 Å². The van der Waals surface area contributed by atoms with Crippen molar-refractivity contribution in [3.8, 4) is 0 Å². The number of hydrogen-bond acceptors (Lipinski definition) is 4. The van der Waals surface area contributed by atoms with Crippen LogP contribution in [0.25, 0.3) is 10.9 Å². The summed E-state index contributed by atoms with van der Waals surface area (Å²) in [4.78, 5) is 14.4. The van der Waals surface area contributed by atoms with Crippen molar-refractivity contribution in [1.29, 1.82) is 0 Å². The summed E-state index contributed by atoms with van der Waals surface area (Å²) in [6, 6.07) is 11.4. The number of nitrogens with one attached hydrogen (secondary N) is 2. The second kappa shape index (κ2) is 6.87. The summed E-state index contributed by atoms with van der Waals surface area (Å²) >= 11 is 5.75. The average molecular weight is 378 g/mol. The Balaban J connectivity index is 1.86. The second-order valence-electron chi connectivity index (χ2n) is 5.51. The molecule has 0 amide bonds. The van der Waals surface area contributed by atoms with E-state index in [4.69, 9.17) is 11.6 Å². The number of halogens is 1. The fourth-order valence-corrected chi connectivity index (χ4v) is 3.87. The predicted octanol–water partition coefficient (Wildman–Crippen LogP) is 1.46. The Morgan fingerprint density at radius 1 is 1.16 bits per heavy atom. The van der Waals surface area contributed by atoms with Crippen molar-refractivity contribution in [2.45, 2.75) is 17.4 Å². The molecule has 130 valence electrons. The SMILES string of the molecule is O=C([O-])[C@H](Cc1c[nH]c2ccccc12)NS(=O)(=O)c1ccc(Cl)cc1. The monoisotopic (exact) mass is 377 g/mol. The predicted molar refractivity (Wildman–Crippen MR) is 92.6 cm³/mol. The van der Waals surface area contributed by atoms with Crippen LogP contribution in [0.15, 0.2) is 59.6 Å². The fourth-order valence-electron chi connectivity index (χ4n) is 2.56. The highest BCUT2D eigenvalue weighted by molar-refractivity contribution is 7.89. The Kier molecular flexibility index (Phi) is 4.80. The van der Waals surface area contributed by atoms with Crippen LogP contribution >= 0.6 is 11.6 Å². The van der Waals surface area contributed by atoms with Crippen molar-refractivity contribution in [3.63, 3.8) is 0 Å². The smallest absolute Gasteiger partial charge is 0.241 e. The van der Waals surface area contributed by atoms with Crippen LogP contribution in [-0.2, 0) is 21.2 Å². The van der Waals surface area contributed by atoms with Crippen LogP contribution in [0, 0.1) is 0 Å². The van der Waals surface area contributed by atoms with Crippen molar-refractivity contribution in [2.75, 3.05) is 0 Å². The number of aliphatic carboxylic acids is 1. The zero-order valence-corrected chi connectivity index (χ0v) is 14.5. The van der Waals surface area contributed by atoms with E-state index in [1.165, 1.54) is 24.3 Å². The molecule has 0 fully saturated rings. The van der Waals surface area contributed by atoms with Gasteiger partial charge in [0.1, 0.15) is 0 Å². The van der Waals surface area contributed by atoms with Gasteiger partial charge in [-0.25, -0.2) is 13.1 Å². The minimum absolute atomic E-state index is 0.0425. The third-order valence-corrected chi connectivity index (χ3v) is 5.54. The molecule has 0 spiro atoms. The van der Waals surface area contributed by atoms with E-state index in [2.05, 4.69) is 9.71 Å². The standard InChI is InChI=1S/C17H15ClN2O4S/c18-12-5-7-13(8-6-12)25(23,24)20-16(17(21)22)9-11-10-19-15-4-2-1-3-14(11)15/h1-8,10,16,19-20H,9H2,(H,21,22)/p-1/t16-/m0/s1. The molecule has 25 heavy (non-hydrogen) atoms. The highest BCUT2D eigenvalue weighted by atomic mass is 35.5. The minimum atomic E-state index is -4.02. The number of aromatic nitrogens is 1. The van der Waals surface area contributed by atoms with Gasteiger partial charge in [-0.2, -0.15) is 0 Å². The van der Waals surface area contributed by atoms with Gasteiger partial charge in [-0.1, -0.05) is 29.8 Å². The first-order chi connectivity index (χ1) is 11.9. The minimum Gasteiger partial charge on any atom is -0.548 e. The summed E-state index contributed by atoms with van der Waals surface area (Å²) < 4.78 is 27.0. The zero-order valence-electron chi connectivity index (χ0n) is 12.9. The molecule has 0 aliphatic rings. The number of aromatic amines is 1. The van der Waals surface area contributed by atoms with Gasteiger partial charge in [0.05, 0.1) is 16.9 Å². The van der Waals surface area contributed by atoms with Gasteiger partial charge in [0.15, 0.2) is 0 Å². The molecule has 0 bridgehead atoms. The molecule has 3 aromatic rings. The summed E-state index contributed by atoms with van der Waals surface area (Å²) in [5.41, 5.74) is 1.53. The molecule has 2 aromatic carbocycles. The number of H-pyrrole nitrogens is 1. The van der Waals surface area contributed by atoms with Crippen molar-refractivity contribution in [2.24, 2.45) is 0 Å². The number of rotatable bonds is 6. The van der Waals surface area contributed by atoms with E-state index in [1.807, 2.05) is 24.3 Å². The highest BCUT2D eigenvalue weighted by Gasteiger charge is 2.22. The van der Waals surface area contributed by atoms with Gasteiger partial charge in [0.25, 0.3) is 0 Å². The molecule has 0 saturated carbocycles. The molecule has 3 rings (SSSR count). The summed E-state index contributed by atoms with van der Waals surface area (Å²) in [5, 5.41) is 12.7.